The van der Waals surface area contributed by atoms with Crippen LogP contribution < -0.4 is 5.32 Å². The third kappa shape index (κ3) is 5.25. The number of thiazole rings is 1. The average molecular weight is 510 g/mol. The topological polar surface area (TPSA) is 123 Å². The van der Waals surface area contributed by atoms with E-state index in [1.54, 1.807) is 6.07 Å². The number of nitrogens with zero attached hydrogens (tertiary/aromatic N) is 2. The van der Waals surface area contributed by atoms with Crippen LogP contribution in [0.3, 0.4) is 0 Å². The Bertz CT molecular complexity index is 1390. The zero-order chi connectivity index (χ0) is 23.8. The summed E-state index contributed by atoms with van der Waals surface area (Å²) in [6.07, 6.45) is 2.79. The van der Waals surface area contributed by atoms with Crippen molar-refractivity contribution in [1.29, 1.82) is 0 Å². The van der Waals surface area contributed by atoms with Crippen LogP contribution in [0.2, 0.25) is 0 Å². The Morgan fingerprint density at radius 1 is 1.15 bits per heavy atom. The van der Waals surface area contributed by atoms with Crippen molar-refractivity contribution >= 4 is 52.5 Å². The van der Waals surface area contributed by atoms with Crippen LogP contribution in [-0.2, 0) is 24.6 Å². The molecule has 1 aromatic heterocycles. The summed E-state index contributed by atoms with van der Waals surface area (Å²) in [5, 5.41) is 2.99. The highest BCUT2D eigenvalue weighted by molar-refractivity contribution is 7.90. The molecule has 12 heteroatoms. The van der Waals surface area contributed by atoms with E-state index in [9.17, 15) is 21.6 Å². The average Bonchev–Trinajstić information content (AvgIpc) is 3.41. The zero-order valence-corrected chi connectivity index (χ0v) is 20.5. The molecule has 4 rings (SSSR count). The summed E-state index contributed by atoms with van der Waals surface area (Å²) in [7, 11) is -5.53. The molecule has 1 aliphatic rings. The molecule has 9 nitrogen and oxygen atoms in total. The number of hydrogen-bond acceptors (Lipinski definition) is 8. The van der Waals surface area contributed by atoms with Crippen LogP contribution in [0.1, 0.15) is 23.2 Å². The van der Waals surface area contributed by atoms with E-state index in [1.807, 2.05) is 0 Å². The van der Waals surface area contributed by atoms with E-state index in [0.717, 1.165) is 30.4 Å². The zero-order valence-electron chi connectivity index (χ0n) is 18.0. The van der Waals surface area contributed by atoms with Crippen LogP contribution in [0.15, 0.2) is 52.3 Å². The van der Waals surface area contributed by atoms with E-state index in [-0.39, 0.29) is 28.0 Å². The summed E-state index contributed by atoms with van der Waals surface area (Å²) >= 11 is 1.15. The molecule has 1 atom stereocenters. The van der Waals surface area contributed by atoms with Gasteiger partial charge in [0, 0.05) is 32.0 Å². The fourth-order valence-electron chi connectivity index (χ4n) is 3.49. The van der Waals surface area contributed by atoms with Gasteiger partial charge in [-0.25, -0.2) is 21.8 Å². The van der Waals surface area contributed by atoms with Gasteiger partial charge in [-0.3, -0.25) is 10.1 Å². The molecular weight excluding hydrogens is 486 g/mol. The summed E-state index contributed by atoms with van der Waals surface area (Å²) in [5.41, 5.74) is 0.838. The Morgan fingerprint density at radius 2 is 1.85 bits per heavy atom. The van der Waals surface area contributed by atoms with Crippen LogP contribution in [0.4, 0.5) is 5.13 Å². The third-order valence-electron chi connectivity index (χ3n) is 5.32. The number of ether oxygens (including phenoxy) is 1. The van der Waals surface area contributed by atoms with E-state index in [2.05, 4.69) is 10.3 Å². The van der Waals surface area contributed by atoms with Crippen molar-refractivity contribution < 1.29 is 26.4 Å². The quantitative estimate of drug-likeness (QED) is 0.519. The third-order valence-corrected chi connectivity index (χ3v) is 9.20. The van der Waals surface area contributed by atoms with Crippen molar-refractivity contribution in [2.45, 2.75) is 28.7 Å². The van der Waals surface area contributed by atoms with Gasteiger partial charge in [-0.15, -0.1) is 0 Å². The summed E-state index contributed by atoms with van der Waals surface area (Å²) in [6.45, 7) is 0.930. The number of anilines is 1. The summed E-state index contributed by atoms with van der Waals surface area (Å²) in [6, 6.07) is 10.3. The van der Waals surface area contributed by atoms with Crippen molar-refractivity contribution in [3.63, 3.8) is 0 Å². The molecule has 0 spiro atoms. The molecule has 3 aromatic rings. The van der Waals surface area contributed by atoms with Gasteiger partial charge in [-0.05, 0) is 55.3 Å². The normalized spacial score (nSPS) is 17.0. The maximum atomic E-state index is 12.8. The fourth-order valence-corrected chi connectivity index (χ4v) is 6.31. The predicted octanol–water partition coefficient (Wildman–Crippen LogP) is 2.75. The van der Waals surface area contributed by atoms with Crippen molar-refractivity contribution in [2.24, 2.45) is 0 Å². The number of carbonyl (C=O) groups excluding carboxylic acids is 1. The number of rotatable bonds is 7. The Hall–Kier alpha value is -2.38. The van der Waals surface area contributed by atoms with Gasteiger partial charge in [0.15, 0.2) is 15.0 Å². The predicted molar refractivity (Wildman–Crippen MR) is 126 cm³/mol. The molecule has 1 amide bonds. The maximum Gasteiger partial charge on any atom is 0.257 e. The van der Waals surface area contributed by atoms with Crippen LogP contribution in [-0.4, -0.2) is 64.6 Å². The van der Waals surface area contributed by atoms with E-state index in [0.29, 0.717) is 22.0 Å². The second kappa shape index (κ2) is 9.11. The number of sulfone groups is 1. The highest BCUT2D eigenvalue weighted by Crippen LogP contribution is 2.28. The van der Waals surface area contributed by atoms with Crippen molar-refractivity contribution in [1.82, 2.24) is 9.29 Å². The van der Waals surface area contributed by atoms with Crippen LogP contribution >= 0.6 is 11.3 Å². The Kier molecular flexibility index (Phi) is 6.56. The first kappa shape index (κ1) is 23.8. The minimum absolute atomic E-state index is 0.0906. The lowest BCUT2D eigenvalue weighted by Gasteiger charge is -2.20. The van der Waals surface area contributed by atoms with Crippen LogP contribution in [0.25, 0.3) is 10.2 Å². The number of carbonyl (C=O) groups is 1. The molecule has 0 aliphatic carbocycles. The molecule has 1 fully saturated rings. The molecule has 1 unspecified atom stereocenters. The fraction of sp³-hybridized carbons (Fsp3) is 0.333. The van der Waals surface area contributed by atoms with Gasteiger partial charge in [-0.1, -0.05) is 11.3 Å². The molecule has 0 bridgehead atoms. The van der Waals surface area contributed by atoms with Gasteiger partial charge < -0.3 is 4.74 Å². The molecule has 0 radical (unpaired) electrons. The lowest BCUT2D eigenvalue weighted by Crippen LogP contribution is -2.34. The molecule has 1 aliphatic heterocycles. The highest BCUT2D eigenvalue weighted by Gasteiger charge is 2.26. The van der Waals surface area contributed by atoms with Gasteiger partial charge in [0.05, 0.1) is 26.1 Å². The summed E-state index contributed by atoms with van der Waals surface area (Å²) < 4.78 is 56.5. The summed E-state index contributed by atoms with van der Waals surface area (Å²) in [4.78, 5) is 17.2. The molecule has 1 N–H and O–H groups in total. The van der Waals surface area contributed by atoms with Crippen LogP contribution in [0.5, 0.6) is 0 Å². The van der Waals surface area contributed by atoms with Crippen molar-refractivity contribution in [3.8, 4) is 0 Å². The van der Waals surface area contributed by atoms with E-state index in [4.69, 9.17) is 4.74 Å². The first-order valence-corrected chi connectivity index (χ1v) is 14.3. The second-order valence-electron chi connectivity index (χ2n) is 7.82. The lowest BCUT2D eigenvalue weighted by molar-refractivity contribution is 0.0979. The monoisotopic (exact) mass is 509 g/mol. The number of likely N-dealkylation sites (N-methyl/N-ethyl adjacent to an activating group) is 1. The molecular formula is C21H23N3O6S3. The minimum atomic E-state index is -3.70. The van der Waals surface area contributed by atoms with Crippen LogP contribution in [0, 0.1) is 0 Å². The molecule has 0 saturated carbocycles. The Balaban J connectivity index is 1.47. The highest BCUT2D eigenvalue weighted by atomic mass is 32.2. The van der Waals surface area contributed by atoms with Gasteiger partial charge in [-0.2, -0.15) is 4.31 Å². The van der Waals surface area contributed by atoms with E-state index < -0.39 is 25.8 Å². The van der Waals surface area contributed by atoms with Gasteiger partial charge >= 0.3 is 0 Å². The smallest absolute Gasteiger partial charge is 0.257 e. The number of fused-ring (bicyclic) bond motifs is 1. The second-order valence-corrected chi connectivity index (χ2v) is 12.9. The number of benzene rings is 2. The SMILES string of the molecule is CN(CC1CCCO1)S(=O)(=O)c1ccc(C(=O)Nc2nc3ccc(S(C)(=O)=O)cc3s2)cc1. The molecule has 2 heterocycles. The summed E-state index contributed by atoms with van der Waals surface area (Å²) in [5.74, 6) is -0.450. The lowest BCUT2D eigenvalue weighted by atomic mass is 10.2. The van der Waals surface area contributed by atoms with Crippen molar-refractivity contribution in [2.75, 3.05) is 31.8 Å². The molecule has 1 saturated heterocycles. The van der Waals surface area contributed by atoms with Gasteiger partial charge in [0.1, 0.15) is 0 Å². The Labute approximate surface area is 196 Å². The number of sulfonamides is 1. The molecule has 33 heavy (non-hydrogen) atoms. The number of aromatic nitrogens is 1. The maximum absolute atomic E-state index is 12.8. The first-order chi connectivity index (χ1) is 15.5. The van der Waals surface area contributed by atoms with E-state index in [1.165, 1.54) is 47.8 Å². The number of amides is 1. The largest absolute Gasteiger partial charge is 0.377 e. The molecule has 2 aromatic carbocycles. The minimum Gasteiger partial charge on any atom is -0.377 e. The van der Waals surface area contributed by atoms with Gasteiger partial charge in [0.25, 0.3) is 5.91 Å². The Morgan fingerprint density at radius 3 is 2.48 bits per heavy atom. The number of nitrogens with one attached hydrogen (secondary N) is 1. The number of hydrogen-bond donors (Lipinski definition) is 1. The van der Waals surface area contributed by atoms with Gasteiger partial charge in [0.2, 0.25) is 10.0 Å². The molecule has 176 valence electrons. The first-order valence-electron chi connectivity index (χ1n) is 10.1. The van der Waals surface area contributed by atoms with E-state index >= 15 is 0 Å². The van der Waals surface area contributed by atoms with Crippen molar-refractivity contribution in [3.05, 3.63) is 48.0 Å². The standard InChI is InChI=1S/C21H23N3O6S3/c1-24(13-15-4-3-11-30-15)33(28,29)16-7-5-14(6-8-16)20(25)23-21-22-18-10-9-17(32(2,26)27)12-19(18)31-21/h5-10,12,15H,3-4,11,13H2,1-2H3,(H,22,23,25).